The summed E-state index contributed by atoms with van der Waals surface area (Å²) in [5, 5.41) is 8.76. The average Bonchev–Trinajstić information content (AvgIpc) is 2.25. The molecule has 1 aromatic carbocycles. The predicted molar refractivity (Wildman–Crippen MR) is 57.2 cm³/mol. The van der Waals surface area contributed by atoms with E-state index in [1.165, 1.54) is 7.05 Å². The van der Waals surface area contributed by atoms with E-state index < -0.39 is 6.09 Å². The van der Waals surface area contributed by atoms with Crippen LogP contribution in [-0.2, 0) is 0 Å². The summed E-state index contributed by atoms with van der Waals surface area (Å²) < 4.78 is 5.17. The molecule has 4 nitrogen and oxygen atoms in total. The molecule has 78 valence electrons. The van der Waals surface area contributed by atoms with Crippen LogP contribution >= 0.6 is 0 Å². The number of amides is 1. The Kier molecular flexibility index (Phi) is 3.58. The van der Waals surface area contributed by atoms with Crippen LogP contribution in [0.1, 0.15) is 0 Å². The summed E-state index contributed by atoms with van der Waals surface area (Å²) in [7, 11) is 1.46. The highest BCUT2D eigenvalue weighted by Gasteiger charge is 2.08. The molecule has 0 saturated carbocycles. The molecule has 0 aliphatic carbocycles. The van der Waals surface area contributed by atoms with Gasteiger partial charge in [0.15, 0.2) is 0 Å². The number of carbonyl (C=O) groups is 1. The maximum absolute atomic E-state index is 10.7. The number of hydrogen-bond acceptors (Lipinski definition) is 2. The molecular formula is C11H11NO3. The minimum Gasteiger partial charge on any atom is -0.481 e. The minimum atomic E-state index is -1.02. The Balaban J connectivity index is 2.83. The van der Waals surface area contributed by atoms with Crippen LogP contribution in [0, 0.1) is 12.3 Å². The van der Waals surface area contributed by atoms with Crippen LogP contribution in [0.15, 0.2) is 24.3 Å². The van der Waals surface area contributed by atoms with Crippen molar-refractivity contribution in [3.05, 3.63) is 24.3 Å². The summed E-state index contributed by atoms with van der Waals surface area (Å²) in [6, 6.07) is 6.72. The molecule has 0 bridgehead atoms. The third-order valence-electron chi connectivity index (χ3n) is 1.81. The monoisotopic (exact) mass is 205 g/mol. The fourth-order valence-electron chi connectivity index (χ4n) is 1.02. The van der Waals surface area contributed by atoms with Crippen molar-refractivity contribution in [2.24, 2.45) is 0 Å². The minimum absolute atomic E-state index is 0.167. The smallest absolute Gasteiger partial charge is 0.411 e. The number of carboxylic acid groups (broad SMARTS) is 1. The molecule has 0 aliphatic heterocycles. The lowest BCUT2D eigenvalue weighted by molar-refractivity contribution is 0.203. The zero-order valence-electron chi connectivity index (χ0n) is 8.30. The van der Waals surface area contributed by atoms with Crippen molar-refractivity contribution in [3.8, 4) is 18.1 Å². The van der Waals surface area contributed by atoms with Crippen molar-refractivity contribution in [2.75, 3.05) is 18.6 Å². The summed E-state index contributed by atoms with van der Waals surface area (Å²) >= 11 is 0. The van der Waals surface area contributed by atoms with E-state index in [9.17, 15) is 4.79 Å². The van der Waals surface area contributed by atoms with Gasteiger partial charge in [0.2, 0.25) is 0 Å². The average molecular weight is 205 g/mol. The molecule has 0 spiro atoms. The Hall–Kier alpha value is -2.15. The first-order valence-electron chi connectivity index (χ1n) is 4.28. The molecule has 1 rings (SSSR count). The second kappa shape index (κ2) is 4.91. The van der Waals surface area contributed by atoms with E-state index in [2.05, 4.69) is 5.92 Å². The Morgan fingerprint density at radius 2 is 2.40 bits per heavy atom. The van der Waals surface area contributed by atoms with Crippen LogP contribution in [0.25, 0.3) is 0 Å². The summed E-state index contributed by atoms with van der Waals surface area (Å²) in [4.78, 5) is 11.8. The molecule has 1 amide bonds. The maximum Gasteiger partial charge on any atom is 0.411 e. The van der Waals surface area contributed by atoms with Crippen LogP contribution in [0.2, 0.25) is 0 Å². The Bertz CT molecular complexity index is 395. The molecule has 0 radical (unpaired) electrons. The zero-order valence-corrected chi connectivity index (χ0v) is 8.30. The van der Waals surface area contributed by atoms with Crippen LogP contribution < -0.4 is 9.64 Å². The van der Waals surface area contributed by atoms with Crippen molar-refractivity contribution < 1.29 is 14.6 Å². The number of benzene rings is 1. The predicted octanol–water partition coefficient (Wildman–Crippen LogP) is 1.81. The molecule has 1 aromatic rings. The number of hydrogen-bond donors (Lipinski definition) is 1. The molecule has 0 aromatic heterocycles. The van der Waals surface area contributed by atoms with E-state index in [1.54, 1.807) is 24.3 Å². The van der Waals surface area contributed by atoms with Crippen LogP contribution in [0.5, 0.6) is 5.75 Å². The standard InChI is InChI=1S/C11H11NO3/c1-3-7-15-10-6-4-5-9(8-10)12(2)11(13)14/h1,4-6,8H,7H2,2H3,(H,13,14). The maximum atomic E-state index is 10.7. The van der Waals surface area contributed by atoms with Gasteiger partial charge >= 0.3 is 6.09 Å². The molecule has 1 N–H and O–H groups in total. The summed E-state index contributed by atoms with van der Waals surface area (Å²) in [5.74, 6) is 2.89. The third-order valence-corrected chi connectivity index (χ3v) is 1.81. The quantitative estimate of drug-likeness (QED) is 0.765. The molecule has 0 heterocycles. The van der Waals surface area contributed by atoms with Crippen LogP contribution in [-0.4, -0.2) is 24.9 Å². The van der Waals surface area contributed by atoms with Crippen molar-refractivity contribution in [1.29, 1.82) is 0 Å². The number of anilines is 1. The van der Waals surface area contributed by atoms with Gasteiger partial charge in [0, 0.05) is 13.1 Å². The highest BCUT2D eigenvalue weighted by atomic mass is 16.5. The van der Waals surface area contributed by atoms with Crippen LogP contribution in [0.3, 0.4) is 0 Å². The highest BCUT2D eigenvalue weighted by Crippen LogP contribution is 2.20. The molecule has 0 fully saturated rings. The van der Waals surface area contributed by atoms with Gasteiger partial charge < -0.3 is 9.84 Å². The molecule has 0 atom stereocenters. The topological polar surface area (TPSA) is 49.8 Å². The molecule has 4 heteroatoms. The second-order valence-electron chi connectivity index (χ2n) is 2.83. The molecular weight excluding hydrogens is 194 g/mol. The Labute approximate surface area is 88.1 Å². The van der Waals surface area contributed by atoms with E-state index in [0.29, 0.717) is 11.4 Å². The SMILES string of the molecule is C#CCOc1cccc(N(C)C(=O)O)c1. The Morgan fingerprint density at radius 3 is 3.00 bits per heavy atom. The van der Waals surface area contributed by atoms with Crippen LogP contribution in [0.4, 0.5) is 10.5 Å². The molecule has 0 saturated heterocycles. The van der Waals surface area contributed by atoms with Gasteiger partial charge in [-0.2, -0.15) is 0 Å². The fraction of sp³-hybridized carbons (Fsp3) is 0.182. The van der Waals surface area contributed by atoms with E-state index in [4.69, 9.17) is 16.3 Å². The summed E-state index contributed by atoms with van der Waals surface area (Å²) in [6.07, 6.45) is 4.02. The van der Waals surface area contributed by atoms with Crippen molar-refractivity contribution in [2.45, 2.75) is 0 Å². The van der Waals surface area contributed by atoms with Gasteiger partial charge in [-0.25, -0.2) is 4.79 Å². The van der Waals surface area contributed by atoms with Gasteiger partial charge in [-0.05, 0) is 12.1 Å². The normalized spacial score (nSPS) is 9.07. The molecule has 0 aliphatic rings. The molecule has 0 unspecified atom stereocenters. The first kappa shape index (κ1) is 10.9. The lowest BCUT2D eigenvalue weighted by Gasteiger charge is -2.13. The van der Waals surface area contributed by atoms with E-state index in [1.807, 2.05) is 0 Å². The van der Waals surface area contributed by atoms with Crippen molar-refractivity contribution in [3.63, 3.8) is 0 Å². The van der Waals surface area contributed by atoms with Gasteiger partial charge in [0.25, 0.3) is 0 Å². The number of ether oxygens (including phenoxy) is 1. The van der Waals surface area contributed by atoms with Crippen molar-refractivity contribution in [1.82, 2.24) is 0 Å². The summed E-state index contributed by atoms with van der Waals surface area (Å²) in [6.45, 7) is 0.167. The zero-order chi connectivity index (χ0) is 11.3. The number of nitrogens with zero attached hydrogens (tertiary/aromatic N) is 1. The van der Waals surface area contributed by atoms with Gasteiger partial charge in [-0.1, -0.05) is 12.0 Å². The second-order valence-corrected chi connectivity index (χ2v) is 2.83. The van der Waals surface area contributed by atoms with Crippen molar-refractivity contribution >= 4 is 11.8 Å². The lowest BCUT2D eigenvalue weighted by Crippen LogP contribution is -2.23. The Morgan fingerprint density at radius 1 is 1.67 bits per heavy atom. The van der Waals surface area contributed by atoms with Gasteiger partial charge in [0.05, 0.1) is 5.69 Å². The lowest BCUT2D eigenvalue weighted by atomic mass is 10.3. The van der Waals surface area contributed by atoms with Gasteiger partial charge in [-0.3, -0.25) is 4.90 Å². The number of rotatable bonds is 3. The van der Waals surface area contributed by atoms with Gasteiger partial charge in [-0.15, -0.1) is 6.42 Å². The highest BCUT2D eigenvalue weighted by molar-refractivity contribution is 5.85. The fourth-order valence-corrected chi connectivity index (χ4v) is 1.02. The van der Waals surface area contributed by atoms with E-state index in [0.717, 1.165) is 4.90 Å². The van der Waals surface area contributed by atoms with E-state index in [-0.39, 0.29) is 6.61 Å². The first-order chi connectivity index (χ1) is 7.15. The molecule has 15 heavy (non-hydrogen) atoms. The van der Waals surface area contributed by atoms with E-state index >= 15 is 0 Å². The third kappa shape index (κ3) is 2.92. The van der Waals surface area contributed by atoms with Gasteiger partial charge in [0.1, 0.15) is 12.4 Å². The largest absolute Gasteiger partial charge is 0.481 e. The first-order valence-corrected chi connectivity index (χ1v) is 4.28. The number of terminal acetylenes is 1. The summed E-state index contributed by atoms with van der Waals surface area (Å²) in [5.41, 5.74) is 0.539.